The second-order valence-corrected chi connectivity index (χ2v) is 5.42. The standard InChI is InChI=1S/C15H26O5/c1-16-10-6-5-7-11-8-9-12-13(11)15(18-3,19-4)14(17-2)20-12/h6,10-14H,5,7-9H2,1-4H3/b10-6+/t11-,12+,13-,14?/m0/s1. The molecule has 0 aromatic carbocycles. The van der Waals surface area contributed by atoms with Gasteiger partial charge in [-0.25, -0.2) is 0 Å². The van der Waals surface area contributed by atoms with E-state index in [1.165, 1.54) is 0 Å². The normalized spacial score (nSPS) is 35.6. The molecule has 5 heteroatoms. The fraction of sp³-hybridized carbons (Fsp3) is 0.867. The molecule has 0 amide bonds. The third-order valence-corrected chi connectivity index (χ3v) is 4.61. The largest absolute Gasteiger partial charge is 0.505 e. The molecule has 1 aliphatic heterocycles. The summed E-state index contributed by atoms with van der Waals surface area (Å²) in [6.07, 6.45) is 7.74. The Bertz CT molecular complexity index is 326. The van der Waals surface area contributed by atoms with Gasteiger partial charge in [0.25, 0.3) is 0 Å². The molecule has 20 heavy (non-hydrogen) atoms. The van der Waals surface area contributed by atoms with E-state index >= 15 is 0 Å². The molecule has 1 unspecified atom stereocenters. The minimum atomic E-state index is -0.786. The van der Waals surface area contributed by atoms with Crippen LogP contribution in [0.2, 0.25) is 0 Å². The molecule has 2 rings (SSSR count). The predicted octanol–water partition coefficient (Wildman–Crippen LogP) is 2.31. The van der Waals surface area contributed by atoms with Gasteiger partial charge < -0.3 is 23.7 Å². The van der Waals surface area contributed by atoms with Gasteiger partial charge in [0.15, 0.2) is 0 Å². The van der Waals surface area contributed by atoms with E-state index in [2.05, 4.69) is 6.08 Å². The molecule has 0 bridgehead atoms. The summed E-state index contributed by atoms with van der Waals surface area (Å²) in [4.78, 5) is 0. The predicted molar refractivity (Wildman–Crippen MR) is 74.0 cm³/mol. The van der Waals surface area contributed by atoms with Crippen LogP contribution in [0.25, 0.3) is 0 Å². The van der Waals surface area contributed by atoms with Gasteiger partial charge in [-0.05, 0) is 37.7 Å². The summed E-state index contributed by atoms with van der Waals surface area (Å²) >= 11 is 0. The first-order valence-electron chi connectivity index (χ1n) is 7.19. The zero-order valence-electron chi connectivity index (χ0n) is 12.8. The van der Waals surface area contributed by atoms with Gasteiger partial charge in [-0.3, -0.25) is 0 Å². The second kappa shape index (κ2) is 6.89. The maximum absolute atomic E-state index is 5.98. The highest BCUT2D eigenvalue weighted by atomic mass is 16.8. The van der Waals surface area contributed by atoms with Gasteiger partial charge in [-0.1, -0.05) is 0 Å². The first kappa shape index (κ1) is 15.8. The van der Waals surface area contributed by atoms with E-state index in [0.29, 0.717) is 5.92 Å². The average molecular weight is 286 g/mol. The van der Waals surface area contributed by atoms with Crippen LogP contribution in [-0.2, 0) is 23.7 Å². The molecule has 4 atom stereocenters. The maximum Gasteiger partial charge on any atom is 0.225 e. The van der Waals surface area contributed by atoms with Crippen molar-refractivity contribution in [2.75, 3.05) is 28.4 Å². The number of fused-ring (bicyclic) bond motifs is 1. The minimum absolute atomic E-state index is 0.163. The van der Waals surface area contributed by atoms with E-state index in [9.17, 15) is 0 Å². The van der Waals surface area contributed by atoms with Crippen LogP contribution in [0, 0.1) is 11.8 Å². The van der Waals surface area contributed by atoms with Crippen LogP contribution < -0.4 is 0 Å². The molecular formula is C15H26O5. The first-order valence-corrected chi connectivity index (χ1v) is 7.19. The van der Waals surface area contributed by atoms with Gasteiger partial charge in [0.2, 0.25) is 12.1 Å². The highest BCUT2D eigenvalue weighted by molar-refractivity contribution is 5.02. The summed E-state index contributed by atoms with van der Waals surface area (Å²) in [7, 11) is 6.63. The zero-order valence-corrected chi connectivity index (χ0v) is 12.8. The lowest BCUT2D eigenvalue weighted by Crippen LogP contribution is -2.50. The molecule has 0 radical (unpaired) electrons. The van der Waals surface area contributed by atoms with Crippen LogP contribution in [-0.4, -0.2) is 46.6 Å². The first-order chi connectivity index (χ1) is 9.73. The van der Waals surface area contributed by atoms with Gasteiger partial charge in [-0.15, -0.1) is 0 Å². The molecule has 0 N–H and O–H groups in total. The molecule has 1 saturated heterocycles. The van der Waals surface area contributed by atoms with Gasteiger partial charge in [0.1, 0.15) is 0 Å². The summed E-state index contributed by atoms with van der Waals surface area (Å²) in [5, 5.41) is 0. The van der Waals surface area contributed by atoms with E-state index in [-0.39, 0.29) is 12.0 Å². The zero-order chi connectivity index (χ0) is 14.6. The summed E-state index contributed by atoms with van der Waals surface area (Å²) < 4.78 is 27.8. The third kappa shape index (κ3) is 2.60. The van der Waals surface area contributed by atoms with Crippen LogP contribution >= 0.6 is 0 Å². The van der Waals surface area contributed by atoms with Gasteiger partial charge >= 0.3 is 0 Å². The molecule has 1 aliphatic carbocycles. The molecule has 1 heterocycles. The third-order valence-electron chi connectivity index (χ3n) is 4.61. The van der Waals surface area contributed by atoms with E-state index in [1.54, 1.807) is 34.7 Å². The highest BCUT2D eigenvalue weighted by Crippen LogP contribution is 2.52. The van der Waals surface area contributed by atoms with Gasteiger partial charge in [0.05, 0.1) is 19.5 Å². The SMILES string of the molecule is CO/C=C/CC[C@H]1CC[C@H]2OC(OC)C(OC)(OC)[C@@H]12. The monoisotopic (exact) mass is 286 g/mol. The lowest BCUT2D eigenvalue weighted by Gasteiger charge is -2.36. The molecule has 2 fully saturated rings. The number of hydrogen-bond donors (Lipinski definition) is 0. The van der Waals surface area contributed by atoms with E-state index in [1.807, 2.05) is 0 Å². The Hall–Kier alpha value is -0.620. The van der Waals surface area contributed by atoms with E-state index in [4.69, 9.17) is 23.7 Å². The Balaban J connectivity index is 2.08. The number of methoxy groups -OCH3 is 4. The number of hydrogen-bond acceptors (Lipinski definition) is 5. The fourth-order valence-electron chi connectivity index (χ4n) is 3.76. The van der Waals surface area contributed by atoms with Crippen molar-refractivity contribution >= 4 is 0 Å². The second-order valence-electron chi connectivity index (χ2n) is 5.42. The van der Waals surface area contributed by atoms with Crippen molar-refractivity contribution in [1.29, 1.82) is 0 Å². The Morgan fingerprint density at radius 3 is 2.50 bits per heavy atom. The average Bonchev–Trinajstić information content (AvgIpc) is 3.01. The number of allylic oxidation sites excluding steroid dienone is 1. The molecule has 1 saturated carbocycles. The Kier molecular flexibility index (Phi) is 5.43. The highest BCUT2D eigenvalue weighted by Gasteiger charge is 2.62. The van der Waals surface area contributed by atoms with Crippen LogP contribution in [0.5, 0.6) is 0 Å². The molecule has 2 aliphatic rings. The number of ether oxygens (including phenoxy) is 5. The summed E-state index contributed by atoms with van der Waals surface area (Å²) in [6.45, 7) is 0. The fourth-order valence-corrected chi connectivity index (χ4v) is 3.76. The van der Waals surface area contributed by atoms with Crippen molar-refractivity contribution < 1.29 is 23.7 Å². The van der Waals surface area contributed by atoms with Gasteiger partial charge in [-0.2, -0.15) is 0 Å². The van der Waals surface area contributed by atoms with Crippen molar-refractivity contribution in [3.8, 4) is 0 Å². The molecule has 116 valence electrons. The molecular weight excluding hydrogens is 260 g/mol. The van der Waals surface area contributed by atoms with Crippen molar-refractivity contribution in [3.63, 3.8) is 0 Å². The number of rotatable bonds is 7. The van der Waals surface area contributed by atoms with Crippen molar-refractivity contribution in [2.24, 2.45) is 11.8 Å². The van der Waals surface area contributed by atoms with Gasteiger partial charge in [0, 0.05) is 27.2 Å². The van der Waals surface area contributed by atoms with E-state index in [0.717, 1.165) is 25.7 Å². The van der Waals surface area contributed by atoms with Crippen LogP contribution in [0.15, 0.2) is 12.3 Å². The summed E-state index contributed by atoms with van der Waals surface area (Å²) in [5.74, 6) is -0.0501. The van der Waals surface area contributed by atoms with Crippen LogP contribution in [0.4, 0.5) is 0 Å². The topological polar surface area (TPSA) is 46.2 Å². The summed E-state index contributed by atoms with van der Waals surface area (Å²) in [5.41, 5.74) is 0. The molecule has 0 aromatic heterocycles. The van der Waals surface area contributed by atoms with Crippen LogP contribution in [0.1, 0.15) is 25.7 Å². The molecule has 0 aromatic rings. The Morgan fingerprint density at radius 1 is 1.15 bits per heavy atom. The lowest BCUT2D eigenvalue weighted by molar-refractivity contribution is -0.311. The van der Waals surface area contributed by atoms with Crippen molar-refractivity contribution in [2.45, 2.75) is 43.9 Å². The van der Waals surface area contributed by atoms with Crippen molar-refractivity contribution in [1.82, 2.24) is 0 Å². The summed E-state index contributed by atoms with van der Waals surface area (Å²) in [6, 6.07) is 0. The Labute approximate surface area is 121 Å². The van der Waals surface area contributed by atoms with Crippen molar-refractivity contribution in [3.05, 3.63) is 12.3 Å². The molecule has 5 nitrogen and oxygen atoms in total. The molecule has 0 spiro atoms. The smallest absolute Gasteiger partial charge is 0.225 e. The van der Waals surface area contributed by atoms with Crippen LogP contribution in [0.3, 0.4) is 0 Å². The van der Waals surface area contributed by atoms with E-state index < -0.39 is 12.1 Å². The maximum atomic E-state index is 5.98. The minimum Gasteiger partial charge on any atom is -0.505 e. The quantitative estimate of drug-likeness (QED) is 0.531. The Morgan fingerprint density at radius 2 is 1.90 bits per heavy atom. The lowest BCUT2D eigenvalue weighted by atomic mass is 9.85.